The molecule has 1 aromatic heterocycles. The molecule has 2 aromatic rings. The number of aromatic nitrogens is 2. The van der Waals surface area contributed by atoms with Gasteiger partial charge >= 0.3 is 0 Å². The molecule has 0 amide bonds. The predicted octanol–water partition coefficient (Wildman–Crippen LogP) is 2.30. The van der Waals surface area contributed by atoms with Gasteiger partial charge in [0.05, 0.1) is 11.9 Å². The number of ether oxygens (including phenoxy) is 2. The Morgan fingerprint density at radius 2 is 2.16 bits per heavy atom. The van der Waals surface area contributed by atoms with Gasteiger partial charge in [0.1, 0.15) is 0 Å². The fourth-order valence-corrected chi connectivity index (χ4v) is 2.06. The summed E-state index contributed by atoms with van der Waals surface area (Å²) in [5.74, 6) is 1.58. The molecule has 2 N–H and O–H groups in total. The van der Waals surface area contributed by atoms with E-state index < -0.39 is 0 Å². The maximum absolute atomic E-state index is 5.40. The Morgan fingerprint density at radius 1 is 1.32 bits per heavy atom. The number of benzene rings is 1. The van der Waals surface area contributed by atoms with Crippen molar-refractivity contribution < 1.29 is 9.47 Å². The van der Waals surface area contributed by atoms with E-state index in [2.05, 4.69) is 29.4 Å². The Balaban J connectivity index is 1.88. The third-order valence-corrected chi connectivity index (χ3v) is 3.08. The van der Waals surface area contributed by atoms with E-state index in [-0.39, 0.29) is 0 Å². The second kappa shape index (κ2) is 4.93. The van der Waals surface area contributed by atoms with E-state index in [1.807, 2.05) is 24.4 Å². The van der Waals surface area contributed by atoms with Gasteiger partial charge < -0.3 is 14.8 Å². The number of hydrogen-bond donors (Lipinski definition) is 2. The van der Waals surface area contributed by atoms with Crippen molar-refractivity contribution in [1.82, 2.24) is 15.5 Å². The van der Waals surface area contributed by atoms with Crippen molar-refractivity contribution in [2.24, 2.45) is 0 Å². The van der Waals surface area contributed by atoms with Crippen LogP contribution in [0.5, 0.6) is 11.5 Å². The van der Waals surface area contributed by atoms with E-state index in [1.165, 1.54) is 0 Å². The SMILES string of the molecule is CC(C)NCc1cn[nH]c1-c1ccc2c(c1)OCO2. The van der Waals surface area contributed by atoms with Gasteiger partial charge in [-0.1, -0.05) is 13.8 Å². The molecule has 0 saturated carbocycles. The molecule has 0 saturated heterocycles. The minimum absolute atomic E-state index is 0.295. The van der Waals surface area contributed by atoms with E-state index >= 15 is 0 Å². The Bertz CT molecular complexity index is 578. The lowest BCUT2D eigenvalue weighted by atomic mass is 10.1. The molecule has 0 fully saturated rings. The number of nitrogens with one attached hydrogen (secondary N) is 2. The van der Waals surface area contributed by atoms with Crippen LogP contribution in [0.15, 0.2) is 24.4 Å². The summed E-state index contributed by atoms with van der Waals surface area (Å²) in [6.07, 6.45) is 1.86. The number of H-pyrrole nitrogens is 1. The summed E-state index contributed by atoms with van der Waals surface area (Å²) in [4.78, 5) is 0. The molecule has 5 heteroatoms. The van der Waals surface area contributed by atoms with E-state index in [0.29, 0.717) is 12.8 Å². The highest BCUT2D eigenvalue weighted by Crippen LogP contribution is 2.36. The maximum atomic E-state index is 5.40. The molecule has 19 heavy (non-hydrogen) atoms. The van der Waals surface area contributed by atoms with Crippen molar-refractivity contribution in [3.05, 3.63) is 30.0 Å². The average molecular weight is 259 g/mol. The quantitative estimate of drug-likeness (QED) is 0.884. The fourth-order valence-electron chi connectivity index (χ4n) is 2.06. The van der Waals surface area contributed by atoms with Gasteiger partial charge in [0.25, 0.3) is 0 Å². The monoisotopic (exact) mass is 259 g/mol. The van der Waals surface area contributed by atoms with Crippen LogP contribution in [-0.2, 0) is 6.54 Å². The Kier molecular flexibility index (Phi) is 3.13. The highest BCUT2D eigenvalue weighted by Gasteiger charge is 2.16. The van der Waals surface area contributed by atoms with E-state index in [1.54, 1.807) is 0 Å². The Labute approximate surface area is 111 Å². The van der Waals surface area contributed by atoms with E-state index in [0.717, 1.165) is 34.9 Å². The number of fused-ring (bicyclic) bond motifs is 1. The number of hydrogen-bond acceptors (Lipinski definition) is 4. The number of nitrogens with zero attached hydrogens (tertiary/aromatic N) is 1. The molecule has 0 aliphatic carbocycles. The van der Waals surface area contributed by atoms with Crippen LogP contribution in [0.3, 0.4) is 0 Å². The molecule has 1 aliphatic rings. The van der Waals surface area contributed by atoms with Crippen LogP contribution in [0.2, 0.25) is 0 Å². The first-order chi connectivity index (χ1) is 9.24. The first-order valence-corrected chi connectivity index (χ1v) is 6.39. The molecule has 2 heterocycles. The zero-order chi connectivity index (χ0) is 13.2. The van der Waals surface area contributed by atoms with Crippen LogP contribution < -0.4 is 14.8 Å². The van der Waals surface area contributed by atoms with Crippen LogP contribution in [0, 0.1) is 0 Å². The van der Waals surface area contributed by atoms with Crippen LogP contribution >= 0.6 is 0 Å². The molecule has 3 rings (SSSR count). The normalized spacial score (nSPS) is 13.2. The Hall–Kier alpha value is -2.01. The highest BCUT2D eigenvalue weighted by molar-refractivity contribution is 5.66. The lowest BCUT2D eigenvalue weighted by molar-refractivity contribution is 0.174. The molecule has 0 radical (unpaired) electrons. The first-order valence-electron chi connectivity index (χ1n) is 6.39. The molecule has 0 atom stereocenters. The van der Waals surface area contributed by atoms with Gasteiger partial charge in [0.2, 0.25) is 6.79 Å². The van der Waals surface area contributed by atoms with Crippen molar-refractivity contribution >= 4 is 0 Å². The largest absolute Gasteiger partial charge is 0.454 e. The summed E-state index contributed by atoms with van der Waals surface area (Å²) < 4.78 is 10.7. The van der Waals surface area contributed by atoms with Crippen molar-refractivity contribution in [1.29, 1.82) is 0 Å². The zero-order valence-electron chi connectivity index (χ0n) is 11.1. The molecule has 100 valence electrons. The topological polar surface area (TPSA) is 59.2 Å². The van der Waals surface area contributed by atoms with Gasteiger partial charge in [0, 0.05) is 23.7 Å². The third-order valence-electron chi connectivity index (χ3n) is 3.08. The summed E-state index contributed by atoms with van der Waals surface area (Å²) >= 11 is 0. The maximum Gasteiger partial charge on any atom is 0.231 e. The van der Waals surface area contributed by atoms with Crippen LogP contribution in [-0.4, -0.2) is 23.0 Å². The minimum Gasteiger partial charge on any atom is -0.454 e. The van der Waals surface area contributed by atoms with Crippen molar-refractivity contribution in [2.75, 3.05) is 6.79 Å². The lowest BCUT2D eigenvalue weighted by Gasteiger charge is -2.08. The third kappa shape index (κ3) is 2.42. The molecular weight excluding hydrogens is 242 g/mol. The summed E-state index contributed by atoms with van der Waals surface area (Å²) in [6, 6.07) is 6.37. The summed E-state index contributed by atoms with van der Waals surface area (Å²) in [5, 5.41) is 10.6. The molecule has 5 nitrogen and oxygen atoms in total. The van der Waals surface area contributed by atoms with E-state index in [9.17, 15) is 0 Å². The van der Waals surface area contributed by atoms with Crippen molar-refractivity contribution in [3.8, 4) is 22.8 Å². The smallest absolute Gasteiger partial charge is 0.231 e. The summed E-state index contributed by atoms with van der Waals surface area (Å²) in [6.45, 7) is 5.34. The average Bonchev–Trinajstić information content (AvgIpc) is 3.04. The van der Waals surface area contributed by atoms with Crippen LogP contribution in [0.4, 0.5) is 0 Å². The van der Waals surface area contributed by atoms with Gasteiger partial charge in [-0.3, -0.25) is 5.10 Å². The molecule has 0 spiro atoms. The summed E-state index contributed by atoms with van der Waals surface area (Å²) in [5.41, 5.74) is 3.22. The predicted molar refractivity (Wildman–Crippen MR) is 72.1 cm³/mol. The first kappa shape index (κ1) is 12.0. The van der Waals surface area contributed by atoms with Gasteiger partial charge in [-0.25, -0.2) is 0 Å². The molecule has 0 bridgehead atoms. The van der Waals surface area contributed by atoms with Gasteiger partial charge in [0.15, 0.2) is 11.5 Å². The lowest BCUT2D eigenvalue weighted by Crippen LogP contribution is -2.21. The molecule has 1 aliphatic heterocycles. The Morgan fingerprint density at radius 3 is 3.00 bits per heavy atom. The van der Waals surface area contributed by atoms with Gasteiger partial charge in [-0.2, -0.15) is 5.10 Å². The standard InChI is InChI=1S/C14H17N3O2/c1-9(2)15-6-11-7-16-17-14(11)10-3-4-12-13(5-10)19-8-18-12/h3-5,7,9,15H,6,8H2,1-2H3,(H,16,17). The minimum atomic E-state index is 0.295. The molecular formula is C14H17N3O2. The van der Waals surface area contributed by atoms with Crippen molar-refractivity contribution in [3.63, 3.8) is 0 Å². The van der Waals surface area contributed by atoms with Crippen LogP contribution in [0.1, 0.15) is 19.4 Å². The molecule has 0 unspecified atom stereocenters. The second-order valence-corrected chi connectivity index (χ2v) is 4.87. The number of rotatable bonds is 4. The fraction of sp³-hybridized carbons (Fsp3) is 0.357. The second-order valence-electron chi connectivity index (χ2n) is 4.87. The summed E-state index contributed by atoms with van der Waals surface area (Å²) in [7, 11) is 0. The van der Waals surface area contributed by atoms with Gasteiger partial charge in [-0.05, 0) is 18.2 Å². The highest BCUT2D eigenvalue weighted by atomic mass is 16.7. The zero-order valence-corrected chi connectivity index (χ0v) is 11.1. The van der Waals surface area contributed by atoms with Gasteiger partial charge in [-0.15, -0.1) is 0 Å². The number of aromatic amines is 1. The van der Waals surface area contributed by atoms with Crippen LogP contribution in [0.25, 0.3) is 11.3 Å². The molecule has 1 aromatic carbocycles. The van der Waals surface area contributed by atoms with E-state index in [4.69, 9.17) is 9.47 Å². The van der Waals surface area contributed by atoms with Crippen molar-refractivity contribution in [2.45, 2.75) is 26.4 Å².